The fourth-order valence-electron chi connectivity index (χ4n) is 2.04. The molecule has 0 saturated heterocycles. The van der Waals surface area contributed by atoms with E-state index in [1.165, 1.54) is 10.9 Å². The predicted octanol–water partition coefficient (Wildman–Crippen LogP) is 2.81. The number of ether oxygens (including phenoxy) is 1. The van der Waals surface area contributed by atoms with Gasteiger partial charge in [-0.05, 0) is 32.9 Å². The standard InChI is InChI=1S/C16H17N3O3/c1-10(8-17)12(3)22-14-7-5-4-6-13(14)19-9-18-11(2)15(19)16(20)21/h4-7,9-10,12H,1-3H3,(H,20,21). The molecule has 0 saturated carbocycles. The first-order valence-electron chi connectivity index (χ1n) is 6.88. The van der Waals surface area contributed by atoms with Crippen LogP contribution in [0.2, 0.25) is 0 Å². The van der Waals surface area contributed by atoms with Crippen LogP contribution in [-0.2, 0) is 0 Å². The second-order valence-corrected chi connectivity index (χ2v) is 5.06. The molecule has 2 unspecified atom stereocenters. The van der Waals surface area contributed by atoms with Crippen LogP contribution in [0.1, 0.15) is 30.0 Å². The van der Waals surface area contributed by atoms with Crippen molar-refractivity contribution in [2.75, 3.05) is 0 Å². The van der Waals surface area contributed by atoms with Crippen LogP contribution in [0.5, 0.6) is 5.75 Å². The minimum Gasteiger partial charge on any atom is -0.487 e. The highest BCUT2D eigenvalue weighted by Crippen LogP contribution is 2.27. The molecule has 0 aliphatic heterocycles. The van der Waals surface area contributed by atoms with Gasteiger partial charge in [-0.2, -0.15) is 5.26 Å². The maximum atomic E-state index is 11.4. The minimum atomic E-state index is -1.05. The molecule has 1 N–H and O–H groups in total. The molecule has 2 aromatic rings. The summed E-state index contributed by atoms with van der Waals surface area (Å²) in [7, 11) is 0. The number of carboxylic acid groups (broad SMARTS) is 1. The van der Waals surface area contributed by atoms with E-state index in [4.69, 9.17) is 10.00 Å². The number of carbonyl (C=O) groups is 1. The molecular weight excluding hydrogens is 282 g/mol. The lowest BCUT2D eigenvalue weighted by molar-refractivity contribution is 0.0687. The number of para-hydroxylation sites is 2. The molecule has 2 rings (SSSR count). The summed E-state index contributed by atoms with van der Waals surface area (Å²) in [6.45, 7) is 5.23. The fourth-order valence-corrected chi connectivity index (χ4v) is 2.04. The summed E-state index contributed by atoms with van der Waals surface area (Å²) in [6, 6.07) is 9.23. The first-order chi connectivity index (χ1) is 10.5. The fraction of sp³-hybridized carbons (Fsp3) is 0.312. The van der Waals surface area contributed by atoms with Crippen LogP contribution in [0, 0.1) is 24.2 Å². The molecule has 0 bridgehead atoms. The third-order valence-electron chi connectivity index (χ3n) is 3.50. The van der Waals surface area contributed by atoms with Crippen molar-refractivity contribution in [2.24, 2.45) is 5.92 Å². The van der Waals surface area contributed by atoms with E-state index in [1.54, 1.807) is 38.1 Å². The molecule has 22 heavy (non-hydrogen) atoms. The number of rotatable bonds is 5. The van der Waals surface area contributed by atoms with Gasteiger partial charge in [-0.25, -0.2) is 9.78 Å². The van der Waals surface area contributed by atoms with E-state index < -0.39 is 5.97 Å². The smallest absolute Gasteiger partial charge is 0.354 e. The number of carboxylic acids is 1. The first kappa shape index (κ1) is 15.6. The molecule has 114 valence electrons. The van der Waals surface area contributed by atoms with Crippen molar-refractivity contribution >= 4 is 5.97 Å². The van der Waals surface area contributed by atoms with E-state index in [-0.39, 0.29) is 17.7 Å². The Hall–Kier alpha value is -2.81. The Morgan fingerprint density at radius 1 is 1.41 bits per heavy atom. The summed E-state index contributed by atoms with van der Waals surface area (Å²) in [6.07, 6.45) is 1.14. The second-order valence-electron chi connectivity index (χ2n) is 5.06. The van der Waals surface area contributed by atoms with Crippen molar-refractivity contribution in [2.45, 2.75) is 26.9 Å². The third-order valence-corrected chi connectivity index (χ3v) is 3.50. The summed E-state index contributed by atoms with van der Waals surface area (Å²) in [5.74, 6) is -0.822. The van der Waals surface area contributed by atoms with Crippen molar-refractivity contribution in [3.8, 4) is 17.5 Å². The van der Waals surface area contributed by atoms with E-state index >= 15 is 0 Å². The Labute approximate surface area is 128 Å². The number of imidazole rings is 1. The van der Waals surface area contributed by atoms with Crippen molar-refractivity contribution in [3.63, 3.8) is 0 Å². The van der Waals surface area contributed by atoms with Gasteiger partial charge in [-0.15, -0.1) is 0 Å². The topological polar surface area (TPSA) is 88.1 Å². The van der Waals surface area contributed by atoms with E-state index in [2.05, 4.69) is 11.1 Å². The molecule has 6 heteroatoms. The SMILES string of the molecule is Cc1ncn(-c2ccccc2OC(C)C(C)C#N)c1C(=O)O. The molecular formula is C16H17N3O3. The van der Waals surface area contributed by atoms with Gasteiger partial charge in [0, 0.05) is 0 Å². The van der Waals surface area contributed by atoms with Gasteiger partial charge in [0.25, 0.3) is 0 Å². The summed E-state index contributed by atoms with van der Waals surface area (Å²) < 4.78 is 7.32. The Bertz CT molecular complexity index is 730. The normalized spacial score (nSPS) is 13.2. The lowest BCUT2D eigenvalue weighted by Crippen LogP contribution is -2.21. The van der Waals surface area contributed by atoms with Gasteiger partial charge in [-0.1, -0.05) is 12.1 Å². The second kappa shape index (κ2) is 6.31. The molecule has 0 amide bonds. The van der Waals surface area contributed by atoms with E-state index in [0.29, 0.717) is 17.1 Å². The van der Waals surface area contributed by atoms with E-state index in [9.17, 15) is 9.90 Å². The zero-order valence-electron chi connectivity index (χ0n) is 12.6. The van der Waals surface area contributed by atoms with Crippen molar-refractivity contribution < 1.29 is 14.6 Å². The largest absolute Gasteiger partial charge is 0.487 e. The van der Waals surface area contributed by atoms with Gasteiger partial charge in [0.2, 0.25) is 0 Å². The Morgan fingerprint density at radius 3 is 2.73 bits per heavy atom. The predicted molar refractivity (Wildman–Crippen MR) is 80.1 cm³/mol. The van der Waals surface area contributed by atoms with Gasteiger partial charge >= 0.3 is 5.97 Å². The maximum absolute atomic E-state index is 11.4. The van der Waals surface area contributed by atoms with Crippen molar-refractivity contribution in [1.29, 1.82) is 5.26 Å². The third kappa shape index (κ3) is 2.93. The molecule has 0 aliphatic carbocycles. The van der Waals surface area contributed by atoms with Gasteiger partial charge in [0.05, 0.1) is 23.4 Å². The van der Waals surface area contributed by atoms with Gasteiger partial charge in [-0.3, -0.25) is 4.57 Å². The van der Waals surface area contributed by atoms with Gasteiger partial charge < -0.3 is 9.84 Å². The highest BCUT2D eigenvalue weighted by atomic mass is 16.5. The lowest BCUT2D eigenvalue weighted by atomic mass is 10.1. The number of nitrogens with zero attached hydrogens (tertiary/aromatic N) is 3. The molecule has 2 atom stereocenters. The number of hydrogen-bond acceptors (Lipinski definition) is 4. The monoisotopic (exact) mass is 299 g/mol. The van der Waals surface area contributed by atoms with Crippen LogP contribution in [0.15, 0.2) is 30.6 Å². The summed E-state index contributed by atoms with van der Waals surface area (Å²) in [5, 5.41) is 18.3. The van der Waals surface area contributed by atoms with Crippen LogP contribution in [0.25, 0.3) is 5.69 Å². The molecule has 1 aromatic carbocycles. The van der Waals surface area contributed by atoms with Crippen LogP contribution in [-0.4, -0.2) is 26.7 Å². The molecule has 6 nitrogen and oxygen atoms in total. The summed E-state index contributed by atoms with van der Waals surface area (Å²) >= 11 is 0. The maximum Gasteiger partial charge on any atom is 0.354 e. The average molecular weight is 299 g/mol. The molecule has 0 fully saturated rings. The molecule has 0 spiro atoms. The van der Waals surface area contributed by atoms with Crippen LogP contribution >= 0.6 is 0 Å². The number of benzene rings is 1. The van der Waals surface area contributed by atoms with Crippen molar-refractivity contribution in [1.82, 2.24) is 9.55 Å². The number of hydrogen-bond donors (Lipinski definition) is 1. The number of nitriles is 1. The zero-order valence-corrected chi connectivity index (χ0v) is 12.6. The lowest BCUT2D eigenvalue weighted by Gasteiger charge is -2.19. The van der Waals surface area contributed by atoms with E-state index in [1.807, 2.05) is 6.92 Å². The first-order valence-corrected chi connectivity index (χ1v) is 6.88. The molecule has 1 heterocycles. The Balaban J connectivity index is 2.46. The van der Waals surface area contributed by atoms with Crippen LogP contribution in [0.3, 0.4) is 0 Å². The molecule has 1 aromatic heterocycles. The van der Waals surface area contributed by atoms with Crippen LogP contribution < -0.4 is 4.74 Å². The summed E-state index contributed by atoms with van der Waals surface area (Å²) in [5.41, 5.74) is 1.11. The minimum absolute atomic E-state index is 0.0945. The Morgan fingerprint density at radius 2 is 2.09 bits per heavy atom. The van der Waals surface area contributed by atoms with Gasteiger partial charge in [0.1, 0.15) is 18.2 Å². The van der Waals surface area contributed by atoms with Gasteiger partial charge in [0.15, 0.2) is 5.69 Å². The van der Waals surface area contributed by atoms with E-state index in [0.717, 1.165) is 0 Å². The molecule has 0 radical (unpaired) electrons. The highest BCUT2D eigenvalue weighted by Gasteiger charge is 2.20. The number of aromatic carboxylic acids is 1. The number of aromatic nitrogens is 2. The number of aryl methyl sites for hydroxylation is 1. The molecule has 0 aliphatic rings. The summed E-state index contributed by atoms with van der Waals surface area (Å²) in [4.78, 5) is 15.5. The van der Waals surface area contributed by atoms with Crippen LogP contribution in [0.4, 0.5) is 0 Å². The quantitative estimate of drug-likeness (QED) is 0.917. The van der Waals surface area contributed by atoms with Crippen molar-refractivity contribution in [3.05, 3.63) is 42.0 Å². The average Bonchev–Trinajstić information content (AvgIpc) is 2.88. The Kier molecular flexibility index (Phi) is 4.47. The zero-order chi connectivity index (χ0) is 16.3. The highest BCUT2D eigenvalue weighted by molar-refractivity contribution is 5.88.